The zero-order valence-corrected chi connectivity index (χ0v) is 15.9. The number of carbonyl (C=O) groups excluding carboxylic acids is 1. The van der Waals surface area contributed by atoms with Crippen molar-refractivity contribution < 1.29 is 9.53 Å². The first kappa shape index (κ1) is 17.4. The molecular formula is C21H19N3O2S. The average molecular weight is 377 g/mol. The molecule has 1 N–H and O–H groups in total. The minimum absolute atomic E-state index is 0.0120. The first-order valence-electron chi connectivity index (χ1n) is 8.76. The number of nitrogens with one attached hydrogen (secondary N) is 1. The van der Waals surface area contributed by atoms with Crippen molar-refractivity contribution in [2.24, 2.45) is 0 Å². The van der Waals surface area contributed by atoms with E-state index in [4.69, 9.17) is 4.74 Å². The number of hydrogen-bond donors (Lipinski definition) is 1. The number of fused-ring (bicyclic) bond motifs is 2. The van der Waals surface area contributed by atoms with Gasteiger partial charge in [0.2, 0.25) is 5.91 Å². The van der Waals surface area contributed by atoms with Crippen LogP contribution in [0.3, 0.4) is 0 Å². The molecule has 2 heterocycles. The summed E-state index contributed by atoms with van der Waals surface area (Å²) in [6, 6.07) is 15.9. The number of thiazole rings is 1. The molecule has 136 valence electrons. The molecule has 1 amide bonds. The maximum atomic E-state index is 11.1. The Bertz CT molecular complexity index is 1120. The molecule has 4 rings (SSSR count). The Morgan fingerprint density at radius 2 is 2.04 bits per heavy atom. The number of amides is 1. The van der Waals surface area contributed by atoms with Gasteiger partial charge in [-0.3, -0.25) is 9.78 Å². The number of nitrogens with zero attached hydrogens (tertiary/aromatic N) is 2. The van der Waals surface area contributed by atoms with Crippen LogP contribution in [-0.4, -0.2) is 22.4 Å². The van der Waals surface area contributed by atoms with Crippen LogP contribution in [0, 0.1) is 0 Å². The van der Waals surface area contributed by atoms with Gasteiger partial charge in [-0.05, 0) is 47.9 Å². The zero-order chi connectivity index (χ0) is 18.8. The van der Waals surface area contributed by atoms with E-state index in [-0.39, 0.29) is 11.8 Å². The minimum Gasteiger partial charge on any atom is -0.431 e. The van der Waals surface area contributed by atoms with Crippen LogP contribution in [0.4, 0.5) is 0 Å². The van der Waals surface area contributed by atoms with Crippen LogP contribution < -0.4 is 10.1 Å². The SMILES string of the molecule is CC(=O)NCC(C)c1ccc2nc(Oc3ccc4ncccc4c3)sc2c1. The van der Waals surface area contributed by atoms with Crippen molar-refractivity contribution in [2.75, 3.05) is 6.54 Å². The molecule has 0 bridgehead atoms. The molecule has 2 aromatic heterocycles. The van der Waals surface area contributed by atoms with Crippen LogP contribution in [0.15, 0.2) is 54.7 Å². The lowest BCUT2D eigenvalue weighted by Gasteiger charge is -2.11. The van der Waals surface area contributed by atoms with Crippen molar-refractivity contribution in [2.45, 2.75) is 19.8 Å². The van der Waals surface area contributed by atoms with E-state index in [9.17, 15) is 4.79 Å². The molecule has 0 aliphatic heterocycles. The molecule has 6 heteroatoms. The molecule has 0 saturated carbocycles. The summed E-state index contributed by atoms with van der Waals surface area (Å²) in [6.45, 7) is 4.25. The third kappa shape index (κ3) is 3.90. The molecule has 0 aliphatic carbocycles. The summed E-state index contributed by atoms with van der Waals surface area (Å²) in [6.07, 6.45) is 1.78. The number of hydrogen-bond acceptors (Lipinski definition) is 5. The second-order valence-corrected chi connectivity index (χ2v) is 7.50. The molecular weight excluding hydrogens is 358 g/mol. The van der Waals surface area contributed by atoms with E-state index >= 15 is 0 Å². The van der Waals surface area contributed by atoms with Gasteiger partial charge in [0.05, 0.1) is 15.7 Å². The number of aromatic nitrogens is 2. The summed E-state index contributed by atoms with van der Waals surface area (Å²) >= 11 is 1.52. The highest BCUT2D eigenvalue weighted by Gasteiger charge is 2.11. The van der Waals surface area contributed by atoms with Crippen molar-refractivity contribution in [1.29, 1.82) is 0 Å². The lowest BCUT2D eigenvalue weighted by molar-refractivity contribution is -0.119. The first-order chi connectivity index (χ1) is 13.1. The minimum atomic E-state index is -0.0120. The highest BCUT2D eigenvalue weighted by atomic mass is 32.1. The van der Waals surface area contributed by atoms with E-state index < -0.39 is 0 Å². The van der Waals surface area contributed by atoms with Gasteiger partial charge in [-0.2, -0.15) is 0 Å². The third-order valence-electron chi connectivity index (χ3n) is 4.40. The molecule has 0 aliphatic rings. The van der Waals surface area contributed by atoms with Crippen molar-refractivity contribution >= 4 is 38.4 Å². The van der Waals surface area contributed by atoms with Gasteiger partial charge in [0.25, 0.3) is 5.19 Å². The Labute approximate surface area is 161 Å². The summed E-state index contributed by atoms with van der Waals surface area (Å²) in [5.74, 6) is 0.966. The topological polar surface area (TPSA) is 64.1 Å². The maximum Gasteiger partial charge on any atom is 0.279 e. The number of ether oxygens (including phenoxy) is 1. The second kappa shape index (κ2) is 7.32. The Hall–Kier alpha value is -2.99. The molecule has 0 radical (unpaired) electrons. The summed E-state index contributed by atoms with van der Waals surface area (Å²) in [4.78, 5) is 20.0. The molecule has 5 nitrogen and oxygen atoms in total. The van der Waals surface area contributed by atoms with Crippen LogP contribution in [-0.2, 0) is 4.79 Å². The largest absolute Gasteiger partial charge is 0.431 e. The van der Waals surface area contributed by atoms with Gasteiger partial charge in [0.15, 0.2) is 0 Å². The second-order valence-electron chi connectivity index (χ2n) is 6.51. The predicted octanol–water partition coefficient (Wildman–Crippen LogP) is 4.88. The molecule has 0 saturated heterocycles. The fraction of sp³-hybridized carbons (Fsp3) is 0.190. The average Bonchev–Trinajstić information content (AvgIpc) is 3.07. The zero-order valence-electron chi connectivity index (χ0n) is 15.1. The standard InChI is InChI=1S/C21H19N3O2S/c1-13(12-23-14(2)25)15-5-7-19-20(11-15)27-21(24-19)26-17-6-8-18-16(10-17)4-3-9-22-18/h3-11,13H,12H2,1-2H3,(H,23,25). The monoisotopic (exact) mass is 377 g/mol. The van der Waals surface area contributed by atoms with Gasteiger partial charge < -0.3 is 10.1 Å². The molecule has 1 unspecified atom stereocenters. The molecule has 4 aromatic rings. The van der Waals surface area contributed by atoms with E-state index in [1.54, 1.807) is 6.20 Å². The van der Waals surface area contributed by atoms with Crippen LogP contribution in [0.5, 0.6) is 10.9 Å². The summed E-state index contributed by atoms with van der Waals surface area (Å²) in [5.41, 5.74) is 3.02. The lowest BCUT2D eigenvalue weighted by Crippen LogP contribution is -2.24. The summed E-state index contributed by atoms with van der Waals surface area (Å²) in [5, 5.41) is 4.51. The molecule has 2 aromatic carbocycles. The van der Waals surface area contributed by atoms with E-state index in [2.05, 4.69) is 34.3 Å². The van der Waals surface area contributed by atoms with E-state index in [0.717, 1.165) is 26.9 Å². The maximum absolute atomic E-state index is 11.1. The Morgan fingerprint density at radius 3 is 2.89 bits per heavy atom. The van der Waals surface area contributed by atoms with Gasteiger partial charge in [-0.1, -0.05) is 30.4 Å². The summed E-state index contributed by atoms with van der Waals surface area (Å²) < 4.78 is 7.04. The van der Waals surface area contributed by atoms with Gasteiger partial charge in [-0.25, -0.2) is 4.98 Å². The molecule has 1 atom stereocenters. The lowest BCUT2D eigenvalue weighted by atomic mass is 10.0. The predicted molar refractivity (Wildman–Crippen MR) is 109 cm³/mol. The highest BCUT2D eigenvalue weighted by molar-refractivity contribution is 7.20. The van der Waals surface area contributed by atoms with Crippen molar-refractivity contribution in [3.8, 4) is 10.9 Å². The van der Waals surface area contributed by atoms with Crippen molar-refractivity contribution in [3.63, 3.8) is 0 Å². The van der Waals surface area contributed by atoms with Gasteiger partial charge in [0, 0.05) is 25.1 Å². The van der Waals surface area contributed by atoms with Gasteiger partial charge in [-0.15, -0.1) is 0 Å². The van der Waals surface area contributed by atoms with Gasteiger partial charge in [0.1, 0.15) is 5.75 Å². The number of benzene rings is 2. The number of rotatable bonds is 5. The van der Waals surface area contributed by atoms with E-state index in [1.165, 1.54) is 23.8 Å². The number of carbonyl (C=O) groups is 1. The Kier molecular flexibility index (Phi) is 4.73. The van der Waals surface area contributed by atoms with Crippen molar-refractivity contribution in [3.05, 3.63) is 60.3 Å². The Morgan fingerprint density at radius 1 is 1.19 bits per heavy atom. The van der Waals surface area contributed by atoms with Crippen molar-refractivity contribution in [1.82, 2.24) is 15.3 Å². The van der Waals surface area contributed by atoms with Crippen LogP contribution >= 0.6 is 11.3 Å². The third-order valence-corrected chi connectivity index (χ3v) is 5.29. The summed E-state index contributed by atoms with van der Waals surface area (Å²) in [7, 11) is 0. The van der Waals surface area contributed by atoms with E-state index in [0.29, 0.717) is 11.7 Å². The van der Waals surface area contributed by atoms with Gasteiger partial charge >= 0.3 is 0 Å². The van der Waals surface area contributed by atoms with Crippen LogP contribution in [0.25, 0.3) is 21.1 Å². The van der Waals surface area contributed by atoms with Crippen LogP contribution in [0.2, 0.25) is 0 Å². The van der Waals surface area contributed by atoms with Crippen LogP contribution in [0.1, 0.15) is 25.3 Å². The quantitative estimate of drug-likeness (QED) is 0.538. The highest BCUT2D eigenvalue weighted by Crippen LogP contribution is 2.33. The normalized spacial score (nSPS) is 12.2. The van der Waals surface area contributed by atoms with E-state index in [1.807, 2.05) is 36.4 Å². The smallest absolute Gasteiger partial charge is 0.279 e. The molecule has 0 fully saturated rings. The Balaban J connectivity index is 1.56. The number of pyridine rings is 1. The fourth-order valence-corrected chi connectivity index (χ4v) is 3.79. The fourth-order valence-electron chi connectivity index (χ4n) is 2.90. The first-order valence-corrected chi connectivity index (χ1v) is 9.58. The molecule has 0 spiro atoms. The molecule has 27 heavy (non-hydrogen) atoms.